The molecule has 0 aliphatic heterocycles. The van der Waals surface area contributed by atoms with Gasteiger partial charge in [0.05, 0.1) is 23.0 Å². The molecule has 2 aromatic rings. The third kappa shape index (κ3) is 3.90. The summed E-state index contributed by atoms with van der Waals surface area (Å²) in [6.45, 7) is 0.238. The van der Waals surface area contributed by atoms with Crippen LogP contribution in [0.3, 0.4) is 0 Å². The predicted octanol–water partition coefficient (Wildman–Crippen LogP) is 2.11. The van der Waals surface area contributed by atoms with Crippen LogP contribution < -0.4 is 4.74 Å². The van der Waals surface area contributed by atoms with Crippen molar-refractivity contribution in [3.63, 3.8) is 0 Å². The largest absolute Gasteiger partial charge is 0.487 e. The van der Waals surface area contributed by atoms with Crippen LogP contribution in [0, 0.1) is 0 Å². The Labute approximate surface area is 116 Å². The van der Waals surface area contributed by atoms with E-state index >= 15 is 0 Å². The molecule has 0 aliphatic carbocycles. The summed E-state index contributed by atoms with van der Waals surface area (Å²) >= 11 is 5.62. The highest BCUT2D eigenvalue weighted by molar-refractivity contribution is 7.90. The smallest absolute Gasteiger partial charge is 0.175 e. The molecule has 0 bridgehead atoms. The number of halogens is 1. The van der Waals surface area contributed by atoms with Gasteiger partial charge in [0.25, 0.3) is 0 Å². The van der Waals surface area contributed by atoms with Crippen LogP contribution in [-0.4, -0.2) is 24.6 Å². The quantitative estimate of drug-likeness (QED) is 0.864. The van der Waals surface area contributed by atoms with E-state index in [2.05, 4.69) is 9.97 Å². The molecule has 0 amide bonds. The summed E-state index contributed by atoms with van der Waals surface area (Å²) in [6.07, 6.45) is 4.12. The second-order valence-electron chi connectivity index (χ2n) is 3.86. The molecule has 1 aromatic heterocycles. The molecule has 1 aromatic carbocycles. The van der Waals surface area contributed by atoms with E-state index in [1.165, 1.54) is 24.5 Å². The Morgan fingerprint density at radius 3 is 2.37 bits per heavy atom. The minimum Gasteiger partial charge on any atom is -0.487 e. The molecule has 100 valence electrons. The number of sulfone groups is 1. The predicted molar refractivity (Wildman–Crippen MR) is 70.9 cm³/mol. The Hall–Kier alpha value is -1.66. The van der Waals surface area contributed by atoms with Gasteiger partial charge in [-0.25, -0.2) is 13.4 Å². The van der Waals surface area contributed by atoms with Crippen LogP contribution in [0.1, 0.15) is 5.69 Å². The summed E-state index contributed by atoms with van der Waals surface area (Å²) in [4.78, 5) is 8.17. The number of hydrogen-bond acceptors (Lipinski definition) is 5. The SMILES string of the molecule is CS(=O)(=O)c1ccc(OCc2cnc(Cl)cn2)cc1. The van der Waals surface area contributed by atoms with E-state index in [0.717, 1.165) is 6.26 Å². The van der Waals surface area contributed by atoms with Crippen LogP contribution in [0.15, 0.2) is 41.6 Å². The first-order valence-electron chi connectivity index (χ1n) is 5.34. The van der Waals surface area contributed by atoms with Gasteiger partial charge in [-0.05, 0) is 24.3 Å². The molecule has 0 N–H and O–H groups in total. The minimum absolute atomic E-state index is 0.238. The van der Waals surface area contributed by atoms with Gasteiger partial charge < -0.3 is 4.74 Å². The van der Waals surface area contributed by atoms with E-state index in [1.807, 2.05) is 0 Å². The molecule has 0 unspecified atom stereocenters. The van der Waals surface area contributed by atoms with E-state index in [4.69, 9.17) is 16.3 Å². The zero-order valence-electron chi connectivity index (χ0n) is 10.1. The topological polar surface area (TPSA) is 69.2 Å². The molecule has 5 nitrogen and oxygen atoms in total. The summed E-state index contributed by atoms with van der Waals surface area (Å²) in [7, 11) is -3.18. The van der Waals surface area contributed by atoms with Crippen molar-refractivity contribution in [3.05, 3.63) is 47.5 Å². The molecule has 0 atom stereocenters. The number of ether oxygens (including phenoxy) is 1. The third-order valence-corrected chi connectivity index (χ3v) is 3.64. The highest BCUT2D eigenvalue weighted by Crippen LogP contribution is 2.16. The Balaban J connectivity index is 2.02. The van der Waals surface area contributed by atoms with Gasteiger partial charge in [0.15, 0.2) is 9.84 Å². The van der Waals surface area contributed by atoms with Crippen molar-refractivity contribution in [2.75, 3.05) is 6.26 Å². The number of nitrogens with zero attached hydrogens (tertiary/aromatic N) is 2. The van der Waals surface area contributed by atoms with E-state index in [-0.39, 0.29) is 11.5 Å². The zero-order valence-corrected chi connectivity index (χ0v) is 11.6. The summed E-state index contributed by atoms with van der Waals surface area (Å²) < 4.78 is 28.0. The van der Waals surface area contributed by atoms with E-state index in [9.17, 15) is 8.42 Å². The first kappa shape index (κ1) is 13.8. The third-order valence-electron chi connectivity index (χ3n) is 2.31. The number of hydrogen-bond donors (Lipinski definition) is 0. The van der Waals surface area contributed by atoms with Gasteiger partial charge in [-0.15, -0.1) is 0 Å². The second-order valence-corrected chi connectivity index (χ2v) is 6.27. The van der Waals surface area contributed by atoms with Gasteiger partial charge in [-0.3, -0.25) is 4.98 Å². The van der Waals surface area contributed by atoms with Crippen molar-refractivity contribution in [2.45, 2.75) is 11.5 Å². The molecule has 0 aliphatic rings. The first-order chi connectivity index (χ1) is 8.95. The number of rotatable bonds is 4. The molecular formula is C12H11ClN2O3S. The minimum atomic E-state index is -3.18. The van der Waals surface area contributed by atoms with Gasteiger partial charge in [-0.1, -0.05) is 11.6 Å². The highest BCUT2D eigenvalue weighted by atomic mass is 35.5. The first-order valence-corrected chi connectivity index (χ1v) is 7.61. The fraction of sp³-hybridized carbons (Fsp3) is 0.167. The standard InChI is InChI=1S/C12H11ClN2O3S/c1-19(16,17)11-4-2-10(3-5-11)18-8-9-6-15-12(13)7-14-9/h2-7H,8H2,1H3. The Morgan fingerprint density at radius 1 is 1.16 bits per heavy atom. The van der Waals surface area contributed by atoms with E-state index < -0.39 is 9.84 Å². The van der Waals surface area contributed by atoms with Crippen LogP contribution in [-0.2, 0) is 16.4 Å². The van der Waals surface area contributed by atoms with E-state index in [0.29, 0.717) is 16.6 Å². The summed E-state index contributed by atoms with van der Waals surface area (Å²) in [5.74, 6) is 0.559. The normalized spacial score (nSPS) is 11.3. The van der Waals surface area contributed by atoms with Crippen LogP contribution in [0.25, 0.3) is 0 Å². The molecule has 0 saturated heterocycles. The van der Waals surface area contributed by atoms with Gasteiger partial charge in [0.2, 0.25) is 0 Å². The average Bonchev–Trinajstić information content (AvgIpc) is 2.37. The van der Waals surface area contributed by atoms with Crippen molar-refractivity contribution in [3.8, 4) is 5.75 Å². The Kier molecular flexibility index (Phi) is 4.01. The molecular weight excluding hydrogens is 288 g/mol. The lowest BCUT2D eigenvalue weighted by Crippen LogP contribution is -2.00. The molecule has 0 saturated carbocycles. The second kappa shape index (κ2) is 5.54. The maximum absolute atomic E-state index is 11.3. The monoisotopic (exact) mass is 298 g/mol. The number of aromatic nitrogens is 2. The van der Waals surface area contributed by atoms with Crippen LogP contribution in [0.4, 0.5) is 0 Å². The molecule has 1 heterocycles. The molecule has 7 heteroatoms. The summed E-state index contributed by atoms with van der Waals surface area (Å²) in [5, 5.41) is 0.321. The lowest BCUT2D eigenvalue weighted by molar-refractivity contribution is 0.300. The fourth-order valence-corrected chi connectivity index (χ4v) is 2.08. The summed E-state index contributed by atoms with van der Waals surface area (Å²) in [6, 6.07) is 6.19. The number of benzene rings is 1. The van der Waals surface area contributed by atoms with E-state index in [1.54, 1.807) is 12.1 Å². The maximum atomic E-state index is 11.3. The molecule has 19 heavy (non-hydrogen) atoms. The van der Waals surface area contributed by atoms with Crippen molar-refractivity contribution in [1.82, 2.24) is 9.97 Å². The molecule has 2 rings (SSSR count). The average molecular weight is 299 g/mol. The van der Waals surface area contributed by atoms with Gasteiger partial charge in [-0.2, -0.15) is 0 Å². The Bertz CT molecular complexity index is 654. The highest BCUT2D eigenvalue weighted by Gasteiger charge is 2.06. The van der Waals surface area contributed by atoms with Crippen LogP contribution >= 0.6 is 11.6 Å². The lowest BCUT2D eigenvalue weighted by atomic mass is 10.3. The Morgan fingerprint density at radius 2 is 1.84 bits per heavy atom. The van der Waals surface area contributed by atoms with Crippen molar-refractivity contribution >= 4 is 21.4 Å². The van der Waals surface area contributed by atoms with Crippen molar-refractivity contribution < 1.29 is 13.2 Å². The maximum Gasteiger partial charge on any atom is 0.175 e. The summed E-state index contributed by atoms with van der Waals surface area (Å²) in [5.41, 5.74) is 0.636. The van der Waals surface area contributed by atoms with Crippen LogP contribution in [0.2, 0.25) is 5.15 Å². The van der Waals surface area contributed by atoms with Gasteiger partial charge in [0, 0.05) is 6.26 Å². The van der Waals surface area contributed by atoms with Gasteiger partial charge in [0.1, 0.15) is 17.5 Å². The fourth-order valence-electron chi connectivity index (χ4n) is 1.35. The molecule has 0 spiro atoms. The zero-order chi connectivity index (χ0) is 13.9. The lowest BCUT2D eigenvalue weighted by Gasteiger charge is -2.06. The van der Waals surface area contributed by atoms with Crippen molar-refractivity contribution in [2.24, 2.45) is 0 Å². The molecule has 0 radical (unpaired) electrons. The van der Waals surface area contributed by atoms with Crippen molar-refractivity contribution in [1.29, 1.82) is 0 Å². The van der Waals surface area contributed by atoms with Gasteiger partial charge >= 0.3 is 0 Å². The van der Waals surface area contributed by atoms with Crippen LogP contribution in [0.5, 0.6) is 5.75 Å². The molecule has 0 fully saturated rings.